The van der Waals surface area contributed by atoms with E-state index in [1.54, 1.807) is 39.0 Å². The third-order valence-corrected chi connectivity index (χ3v) is 2.76. The highest BCUT2D eigenvalue weighted by Crippen LogP contribution is 2.19. The second-order valence-corrected chi connectivity index (χ2v) is 4.81. The summed E-state index contributed by atoms with van der Waals surface area (Å²) in [6.07, 6.45) is 0. The van der Waals surface area contributed by atoms with Crippen LogP contribution in [0.15, 0.2) is 23.0 Å². The van der Waals surface area contributed by atoms with E-state index in [1.807, 2.05) is 0 Å². The van der Waals surface area contributed by atoms with E-state index in [-0.39, 0.29) is 11.7 Å². The summed E-state index contributed by atoms with van der Waals surface area (Å²) in [4.78, 5) is 28.3. The van der Waals surface area contributed by atoms with Gasteiger partial charge in [0.15, 0.2) is 0 Å². The average Bonchev–Trinajstić information content (AvgIpc) is 2.68. The Morgan fingerprint density at radius 2 is 2.00 bits per heavy atom. The standard InChI is InChI=1S/C13H17N3O3/c1-4-19-11(17)13(2,3)16-8-5-6-9-10(7-8)15-12(18)14-9/h5-7,16H,4H2,1-3H3,(H2,14,15,18). The maximum atomic E-state index is 11.8. The zero-order valence-electron chi connectivity index (χ0n) is 11.2. The molecular weight excluding hydrogens is 246 g/mol. The number of imidazole rings is 1. The van der Waals surface area contributed by atoms with Crippen LogP contribution < -0.4 is 11.0 Å². The van der Waals surface area contributed by atoms with E-state index in [9.17, 15) is 9.59 Å². The highest BCUT2D eigenvalue weighted by molar-refractivity contribution is 5.85. The van der Waals surface area contributed by atoms with Gasteiger partial charge in [0.1, 0.15) is 5.54 Å². The Bertz CT molecular complexity index is 654. The highest BCUT2D eigenvalue weighted by Gasteiger charge is 2.28. The van der Waals surface area contributed by atoms with Crippen LogP contribution in [0.1, 0.15) is 20.8 Å². The summed E-state index contributed by atoms with van der Waals surface area (Å²) in [5.74, 6) is -0.322. The average molecular weight is 263 g/mol. The molecule has 102 valence electrons. The molecule has 2 rings (SSSR count). The van der Waals surface area contributed by atoms with Gasteiger partial charge in [0.2, 0.25) is 0 Å². The van der Waals surface area contributed by atoms with Crippen molar-refractivity contribution < 1.29 is 9.53 Å². The minimum absolute atomic E-state index is 0.253. The van der Waals surface area contributed by atoms with E-state index in [4.69, 9.17) is 4.74 Å². The molecule has 0 unspecified atom stereocenters. The molecule has 0 atom stereocenters. The highest BCUT2D eigenvalue weighted by atomic mass is 16.5. The van der Waals surface area contributed by atoms with Crippen molar-refractivity contribution in [1.82, 2.24) is 9.97 Å². The van der Waals surface area contributed by atoms with Crippen molar-refractivity contribution >= 4 is 22.7 Å². The summed E-state index contributed by atoms with van der Waals surface area (Å²) < 4.78 is 5.01. The number of nitrogens with one attached hydrogen (secondary N) is 3. The van der Waals surface area contributed by atoms with Crippen molar-refractivity contribution in [1.29, 1.82) is 0 Å². The molecule has 0 saturated heterocycles. The van der Waals surface area contributed by atoms with Crippen LogP contribution in [0.3, 0.4) is 0 Å². The Kier molecular flexibility index (Phi) is 3.33. The molecule has 0 aliphatic rings. The van der Waals surface area contributed by atoms with Gasteiger partial charge in [0.25, 0.3) is 0 Å². The van der Waals surface area contributed by atoms with Gasteiger partial charge in [-0.05, 0) is 39.0 Å². The fraction of sp³-hybridized carbons (Fsp3) is 0.385. The van der Waals surface area contributed by atoms with Crippen molar-refractivity contribution in [3.63, 3.8) is 0 Å². The van der Waals surface area contributed by atoms with E-state index in [2.05, 4.69) is 15.3 Å². The molecule has 6 heteroatoms. The lowest BCUT2D eigenvalue weighted by Crippen LogP contribution is -2.41. The van der Waals surface area contributed by atoms with Gasteiger partial charge < -0.3 is 20.0 Å². The van der Waals surface area contributed by atoms with Gasteiger partial charge in [0.05, 0.1) is 17.6 Å². The van der Waals surface area contributed by atoms with E-state index < -0.39 is 5.54 Å². The molecule has 0 saturated carbocycles. The molecule has 1 aromatic carbocycles. The number of carbonyl (C=O) groups is 1. The van der Waals surface area contributed by atoms with Crippen molar-refractivity contribution in [3.05, 3.63) is 28.7 Å². The normalized spacial score (nSPS) is 11.5. The Balaban J connectivity index is 2.25. The number of anilines is 1. The van der Waals surface area contributed by atoms with Gasteiger partial charge in [-0.3, -0.25) is 0 Å². The van der Waals surface area contributed by atoms with Gasteiger partial charge in [0, 0.05) is 5.69 Å². The molecule has 1 aromatic heterocycles. The molecule has 0 amide bonds. The lowest BCUT2D eigenvalue weighted by molar-refractivity contribution is -0.147. The Labute approximate surface area is 110 Å². The zero-order chi connectivity index (χ0) is 14.0. The Morgan fingerprint density at radius 1 is 1.32 bits per heavy atom. The molecule has 2 aromatic rings. The smallest absolute Gasteiger partial charge is 0.331 e. The minimum atomic E-state index is -0.833. The first kappa shape index (κ1) is 13.2. The number of carbonyl (C=O) groups excluding carboxylic acids is 1. The van der Waals surface area contributed by atoms with Crippen LogP contribution in [0.2, 0.25) is 0 Å². The number of aromatic amines is 2. The molecule has 1 heterocycles. The van der Waals surface area contributed by atoms with Crippen LogP contribution in [0.25, 0.3) is 11.0 Å². The number of hydrogen-bond donors (Lipinski definition) is 3. The molecule has 0 bridgehead atoms. The number of H-pyrrole nitrogens is 2. The quantitative estimate of drug-likeness (QED) is 0.731. The number of benzene rings is 1. The maximum Gasteiger partial charge on any atom is 0.331 e. The van der Waals surface area contributed by atoms with Gasteiger partial charge in [-0.2, -0.15) is 0 Å². The minimum Gasteiger partial charge on any atom is -0.464 e. The molecule has 3 N–H and O–H groups in total. The SMILES string of the molecule is CCOC(=O)C(C)(C)Nc1ccc2[nH]c(=O)[nH]c2c1. The predicted molar refractivity (Wildman–Crippen MR) is 73.3 cm³/mol. The number of rotatable bonds is 4. The third kappa shape index (κ3) is 2.78. The van der Waals surface area contributed by atoms with Crippen molar-refractivity contribution in [2.45, 2.75) is 26.3 Å². The van der Waals surface area contributed by atoms with Gasteiger partial charge in [-0.1, -0.05) is 0 Å². The Morgan fingerprint density at radius 3 is 2.68 bits per heavy atom. The Hall–Kier alpha value is -2.24. The van der Waals surface area contributed by atoms with E-state index in [0.717, 1.165) is 11.2 Å². The second-order valence-electron chi connectivity index (χ2n) is 4.81. The monoisotopic (exact) mass is 263 g/mol. The third-order valence-electron chi connectivity index (χ3n) is 2.76. The molecule has 19 heavy (non-hydrogen) atoms. The van der Waals surface area contributed by atoms with Crippen LogP contribution in [0, 0.1) is 0 Å². The molecule has 6 nitrogen and oxygen atoms in total. The summed E-state index contributed by atoms with van der Waals surface area (Å²) >= 11 is 0. The predicted octanol–water partition coefficient (Wildman–Crippen LogP) is 1.61. The van der Waals surface area contributed by atoms with Crippen molar-refractivity contribution in [3.8, 4) is 0 Å². The fourth-order valence-corrected chi connectivity index (χ4v) is 1.83. The van der Waals surface area contributed by atoms with Gasteiger partial charge in [-0.15, -0.1) is 0 Å². The van der Waals surface area contributed by atoms with E-state index in [1.165, 1.54) is 0 Å². The van der Waals surface area contributed by atoms with E-state index >= 15 is 0 Å². The fourth-order valence-electron chi connectivity index (χ4n) is 1.83. The molecule has 0 radical (unpaired) electrons. The topological polar surface area (TPSA) is 87.0 Å². The number of aromatic nitrogens is 2. The number of fused-ring (bicyclic) bond motifs is 1. The van der Waals surface area contributed by atoms with Gasteiger partial charge in [-0.25, -0.2) is 9.59 Å². The number of ether oxygens (including phenoxy) is 1. The van der Waals surface area contributed by atoms with Crippen molar-refractivity contribution in [2.24, 2.45) is 0 Å². The van der Waals surface area contributed by atoms with Gasteiger partial charge >= 0.3 is 11.7 Å². The van der Waals surface area contributed by atoms with E-state index in [0.29, 0.717) is 12.1 Å². The molecule has 0 aliphatic carbocycles. The molecule has 0 spiro atoms. The summed E-state index contributed by atoms with van der Waals surface area (Å²) in [5, 5.41) is 3.09. The largest absolute Gasteiger partial charge is 0.464 e. The summed E-state index contributed by atoms with van der Waals surface area (Å²) in [6.45, 7) is 5.60. The summed E-state index contributed by atoms with van der Waals surface area (Å²) in [6, 6.07) is 5.35. The first-order valence-electron chi connectivity index (χ1n) is 6.10. The summed E-state index contributed by atoms with van der Waals surface area (Å²) in [5.41, 5.74) is 1.07. The zero-order valence-corrected chi connectivity index (χ0v) is 11.2. The van der Waals surface area contributed by atoms with Crippen molar-refractivity contribution in [2.75, 3.05) is 11.9 Å². The van der Waals surface area contributed by atoms with Crippen LogP contribution in [0.4, 0.5) is 5.69 Å². The molecule has 0 aliphatic heterocycles. The van der Waals surface area contributed by atoms with Crippen LogP contribution in [0.5, 0.6) is 0 Å². The molecule has 0 fully saturated rings. The number of hydrogen-bond acceptors (Lipinski definition) is 4. The first-order valence-corrected chi connectivity index (χ1v) is 6.10. The number of esters is 1. The molecular formula is C13H17N3O3. The van der Waals surface area contributed by atoms with Crippen LogP contribution >= 0.6 is 0 Å². The van der Waals surface area contributed by atoms with Crippen LogP contribution in [-0.2, 0) is 9.53 Å². The second kappa shape index (κ2) is 4.79. The lowest BCUT2D eigenvalue weighted by Gasteiger charge is -2.25. The lowest BCUT2D eigenvalue weighted by atomic mass is 10.1. The van der Waals surface area contributed by atoms with Crippen LogP contribution in [-0.4, -0.2) is 28.1 Å². The maximum absolute atomic E-state index is 11.8. The first-order chi connectivity index (χ1) is 8.92. The summed E-state index contributed by atoms with van der Waals surface area (Å²) in [7, 11) is 0.